The van der Waals surface area contributed by atoms with Gasteiger partial charge in [-0.15, -0.1) is 0 Å². The van der Waals surface area contributed by atoms with Gasteiger partial charge in [0.1, 0.15) is 0 Å². The Hall–Kier alpha value is -0.690. The predicted octanol–water partition coefficient (Wildman–Crippen LogP) is 1.49. The van der Waals surface area contributed by atoms with Gasteiger partial charge in [-0.05, 0) is 13.5 Å². The Labute approximate surface area is 65.4 Å². The lowest BCUT2D eigenvalue weighted by Crippen LogP contribution is -2.33. The van der Waals surface area contributed by atoms with Crippen LogP contribution in [0.1, 0.15) is 13.3 Å². The third-order valence-corrected chi connectivity index (χ3v) is 1.49. The fraction of sp³-hybridized carbons (Fsp3) is 0.857. The second-order valence-corrected chi connectivity index (χ2v) is 2.38. The van der Waals surface area contributed by atoms with Crippen LogP contribution in [0.4, 0.5) is 8.78 Å². The summed E-state index contributed by atoms with van der Waals surface area (Å²) in [6.07, 6.45) is -1.78. The highest BCUT2D eigenvalue weighted by atomic mass is 19.3. The van der Waals surface area contributed by atoms with Crippen LogP contribution in [0.25, 0.3) is 0 Å². The highest BCUT2D eigenvalue weighted by Gasteiger charge is 2.15. The largest absolute Gasteiger partial charge is 0.285 e. The summed E-state index contributed by atoms with van der Waals surface area (Å²) in [6.45, 7) is 1.47. The first-order valence-corrected chi connectivity index (χ1v) is 3.49. The molecule has 2 nitrogen and oxygen atoms in total. The first-order chi connectivity index (χ1) is 5.11. The highest BCUT2D eigenvalue weighted by Crippen LogP contribution is 2.03. The van der Waals surface area contributed by atoms with Gasteiger partial charge in [0, 0.05) is 0 Å². The summed E-state index contributed by atoms with van der Waals surface area (Å²) in [5.74, 6) is 0. The van der Waals surface area contributed by atoms with Crippen LogP contribution in [0.5, 0.6) is 0 Å². The summed E-state index contributed by atoms with van der Waals surface area (Å²) < 4.78 is 23.5. The van der Waals surface area contributed by atoms with Gasteiger partial charge in [0.05, 0.1) is 18.7 Å². The molecule has 0 spiro atoms. The van der Waals surface area contributed by atoms with Crippen molar-refractivity contribution in [1.29, 1.82) is 5.26 Å². The normalized spacial score (nSPS) is 13.5. The Morgan fingerprint density at radius 3 is 2.36 bits per heavy atom. The topological polar surface area (TPSA) is 27.0 Å². The van der Waals surface area contributed by atoms with E-state index in [1.807, 2.05) is 6.07 Å². The van der Waals surface area contributed by atoms with E-state index in [4.69, 9.17) is 5.26 Å². The van der Waals surface area contributed by atoms with Gasteiger partial charge >= 0.3 is 0 Å². The molecule has 0 aliphatic rings. The first kappa shape index (κ1) is 10.3. The minimum atomic E-state index is -2.36. The van der Waals surface area contributed by atoms with Crippen molar-refractivity contribution in [2.75, 3.05) is 13.6 Å². The monoisotopic (exact) mass is 162 g/mol. The van der Waals surface area contributed by atoms with Gasteiger partial charge < -0.3 is 0 Å². The number of rotatable bonds is 4. The Balaban J connectivity index is 3.81. The molecule has 11 heavy (non-hydrogen) atoms. The van der Waals surface area contributed by atoms with Crippen molar-refractivity contribution in [3.05, 3.63) is 0 Å². The van der Waals surface area contributed by atoms with Gasteiger partial charge in [0.25, 0.3) is 6.43 Å². The fourth-order valence-corrected chi connectivity index (χ4v) is 0.846. The molecule has 0 saturated heterocycles. The smallest absolute Gasteiger partial charge is 0.251 e. The van der Waals surface area contributed by atoms with Gasteiger partial charge in [0.15, 0.2) is 0 Å². The minimum absolute atomic E-state index is 0.327. The number of nitrogens with zero attached hydrogens (tertiary/aromatic N) is 2. The molecule has 0 rings (SSSR count). The van der Waals surface area contributed by atoms with Crippen LogP contribution in [0, 0.1) is 11.3 Å². The van der Waals surface area contributed by atoms with Crippen LogP contribution in [0.3, 0.4) is 0 Å². The zero-order valence-electron chi connectivity index (χ0n) is 6.72. The van der Waals surface area contributed by atoms with E-state index in [0.717, 1.165) is 0 Å². The molecule has 0 heterocycles. The molecule has 0 aliphatic heterocycles. The molecule has 0 aromatic heterocycles. The molecule has 0 bridgehead atoms. The van der Waals surface area contributed by atoms with Gasteiger partial charge in [0.2, 0.25) is 0 Å². The Morgan fingerprint density at radius 1 is 1.55 bits per heavy atom. The lowest BCUT2D eigenvalue weighted by Gasteiger charge is -2.19. The lowest BCUT2D eigenvalue weighted by atomic mass is 10.2. The van der Waals surface area contributed by atoms with Crippen LogP contribution >= 0.6 is 0 Å². The molecule has 0 fully saturated rings. The zero-order chi connectivity index (χ0) is 8.85. The van der Waals surface area contributed by atoms with Crippen molar-refractivity contribution < 1.29 is 8.78 Å². The fourth-order valence-electron chi connectivity index (χ4n) is 0.846. The maximum absolute atomic E-state index is 11.8. The van der Waals surface area contributed by atoms with E-state index in [1.165, 1.54) is 11.9 Å². The number of halogens is 2. The average molecular weight is 162 g/mol. The van der Waals surface area contributed by atoms with Crippen LogP contribution < -0.4 is 0 Å². The molecular weight excluding hydrogens is 150 g/mol. The molecule has 0 aromatic carbocycles. The van der Waals surface area contributed by atoms with E-state index < -0.39 is 6.43 Å². The number of nitriles is 1. The standard InChI is InChI=1S/C7H12F2N2/c1-3-6(4-10)11(2)5-7(8)9/h6-7H,3,5H2,1-2H3. The van der Waals surface area contributed by atoms with E-state index in [-0.39, 0.29) is 12.6 Å². The van der Waals surface area contributed by atoms with E-state index in [1.54, 1.807) is 6.92 Å². The molecule has 0 amide bonds. The van der Waals surface area contributed by atoms with E-state index in [2.05, 4.69) is 0 Å². The van der Waals surface area contributed by atoms with Crippen molar-refractivity contribution in [2.45, 2.75) is 25.8 Å². The number of hydrogen-bond donors (Lipinski definition) is 0. The van der Waals surface area contributed by atoms with E-state index in [0.29, 0.717) is 6.42 Å². The Morgan fingerprint density at radius 2 is 2.09 bits per heavy atom. The van der Waals surface area contributed by atoms with Gasteiger partial charge in [-0.25, -0.2) is 8.78 Å². The average Bonchev–Trinajstić information content (AvgIpc) is 1.88. The van der Waals surface area contributed by atoms with Crippen LogP contribution in [-0.2, 0) is 0 Å². The minimum Gasteiger partial charge on any atom is -0.285 e. The van der Waals surface area contributed by atoms with E-state index in [9.17, 15) is 8.78 Å². The number of hydrogen-bond acceptors (Lipinski definition) is 2. The molecule has 0 radical (unpaired) electrons. The molecule has 64 valence electrons. The summed E-state index contributed by atoms with van der Waals surface area (Å²) in [4.78, 5) is 1.37. The second kappa shape index (κ2) is 5.03. The third kappa shape index (κ3) is 3.89. The molecule has 0 aliphatic carbocycles. The van der Waals surface area contributed by atoms with Gasteiger partial charge in [-0.1, -0.05) is 6.92 Å². The summed E-state index contributed by atoms with van der Waals surface area (Å²) in [7, 11) is 1.53. The molecule has 4 heteroatoms. The second-order valence-electron chi connectivity index (χ2n) is 2.38. The lowest BCUT2D eigenvalue weighted by molar-refractivity contribution is 0.0901. The molecule has 1 atom stereocenters. The maximum atomic E-state index is 11.8. The van der Waals surface area contributed by atoms with Gasteiger partial charge in [-0.2, -0.15) is 5.26 Å². The quantitative estimate of drug-likeness (QED) is 0.626. The van der Waals surface area contributed by atoms with Crippen molar-refractivity contribution in [1.82, 2.24) is 4.90 Å². The molecule has 0 aromatic rings. The van der Waals surface area contributed by atoms with Crippen LogP contribution in [0.15, 0.2) is 0 Å². The zero-order valence-corrected chi connectivity index (χ0v) is 6.72. The Bertz CT molecular complexity index is 142. The van der Waals surface area contributed by atoms with Crippen molar-refractivity contribution in [2.24, 2.45) is 0 Å². The van der Waals surface area contributed by atoms with Gasteiger partial charge in [-0.3, -0.25) is 4.90 Å². The highest BCUT2D eigenvalue weighted by molar-refractivity contribution is 4.89. The van der Waals surface area contributed by atoms with Crippen molar-refractivity contribution in [3.63, 3.8) is 0 Å². The molecular formula is C7H12F2N2. The van der Waals surface area contributed by atoms with E-state index >= 15 is 0 Å². The van der Waals surface area contributed by atoms with Crippen molar-refractivity contribution >= 4 is 0 Å². The van der Waals surface area contributed by atoms with Crippen LogP contribution in [0.2, 0.25) is 0 Å². The van der Waals surface area contributed by atoms with Crippen LogP contribution in [-0.4, -0.2) is 31.0 Å². The van der Waals surface area contributed by atoms with Crippen molar-refractivity contribution in [3.8, 4) is 6.07 Å². The third-order valence-electron chi connectivity index (χ3n) is 1.49. The Kier molecular flexibility index (Phi) is 4.71. The molecule has 0 N–H and O–H groups in total. The number of alkyl halides is 2. The summed E-state index contributed by atoms with van der Waals surface area (Å²) >= 11 is 0. The predicted molar refractivity (Wildman–Crippen MR) is 38.3 cm³/mol. The SMILES string of the molecule is CCC(C#N)N(C)CC(F)F. The molecule has 1 unspecified atom stereocenters. The molecule has 0 saturated carbocycles. The summed E-state index contributed by atoms with van der Waals surface area (Å²) in [5.41, 5.74) is 0. The first-order valence-electron chi connectivity index (χ1n) is 3.49. The summed E-state index contributed by atoms with van der Waals surface area (Å²) in [6, 6.07) is 1.56. The maximum Gasteiger partial charge on any atom is 0.251 e. The summed E-state index contributed by atoms with van der Waals surface area (Å²) in [5, 5.41) is 8.47.